The fourth-order valence-corrected chi connectivity index (χ4v) is 1.66. The number of aliphatic hydroxyl groups is 1. The van der Waals surface area contributed by atoms with Crippen molar-refractivity contribution in [2.75, 3.05) is 13.2 Å². The summed E-state index contributed by atoms with van der Waals surface area (Å²) in [6, 6.07) is 0.661. The molecular weight excluding hydrogens is 162 g/mol. The van der Waals surface area contributed by atoms with Gasteiger partial charge in [-0.05, 0) is 38.1 Å². The van der Waals surface area contributed by atoms with Crippen LogP contribution in [0, 0.1) is 11.8 Å². The van der Waals surface area contributed by atoms with Crippen molar-refractivity contribution in [2.45, 2.75) is 45.6 Å². The molecule has 13 heavy (non-hydrogen) atoms. The lowest BCUT2D eigenvalue weighted by molar-refractivity contribution is 0.257. The molecule has 0 saturated heterocycles. The van der Waals surface area contributed by atoms with Crippen molar-refractivity contribution in [1.29, 1.82) is 0 Å². The van der Waals surface area contributed by atoms with Crippen LogP contribution in [0.5, 0.6) is 0 Å². The Morgan fingerprint density at radius 3 is 2.62 bits per heavy atom. The highest BCUT2D eigenvalue weighted by atomic mass is 16.3. The smallest absolute Gasteiger partial charge is 0.0434 e. The molecule has 2 N–H and O–H groups in total. The van der Waals surface area contributed by atoms with Crippen molar-refractivity contribution in [1.82, 2.24) is 5.32 Å². The van der Waals surface area contributed by atoms with Crippen LogP contribution in [0.25, 0.3) is 0 Å². The molecule has 1 aliphatic carbocycles. The largest absolute Gasteiger partial charge is 0.396 e. The van der Waals surface area contributed by atoms with E-state index in [4.69, 9.17) is 5.11 Å². The Hall–Kier alpha value is -0.0800. The maximum absolute atomic E-state index is 8.73. The summed E-state index contributed by atoms with van der Waals surface area (Å²) in [5, 5.41) is 12.3. The third-order valence-corrected chi connectivity index (χ3v) is 2.82. The average Bonchev–Trinajstić information content (AvgIpc) is 2.85. The molecule has 0 radical (unpaired) electrons. The fourth-order valence-electron chi connectivity index (χ4n) is 1.66. The third kappa shape index (κ3) is 5.27. The van der Waals surface area contributed by atoms with Crippen molar-refractivity contribution >= 4 is 0 Å². The van der Waals surface area contributed by atoms with Gasteiger partial charge in [0.05, 0.1) is 0 Å². The molecule has 0 aromatic carbocycles. The summed E-state index contributed by atoms with van der Waals surface area (Å²) in [4.78, 5) is 0. The monoisotopic (exact) mass is 185 g/mol. The normalized spacial score (nSPS) is 21.5. The zero-order valence-electron chi connectivity index (χ0n) is 8.92. The summed E-state index contributed by atoms with van der Waals surface area (Å²) >= 11 is 0. The van der Waals surface area contributed by atoms with E-state index in [0.717, 1.165) is 18.9 Å². The van der Waals surface area contributed by atoms with E-state index in [1.165, 1.54) is 19.3 Å². The van der Waals surface area contributed by atoms with Crippen molar-refractivity contribution in [3.63, 3.8) is 0 Å². The first kappa shape index (κ1) is 11.0. The van der Waals surface area contributed by atoms with Crippen LogP contribution in [0.15, 0.2) is 0 Å². The first-order valence-electron chi connectivity index (χ1n) is 5.56. The van der Waals surface area contributed by atoms with Gasteiger partial charge < -0.3 is 10.4 Å². The van der Waals surface area contributed by atoms with Gasteiger partial charge >= 0.3 is 0 Å². The predicted molar refractivity (Wildman–Crippen MR) is 55.7 cm³/mol. The molecule has 2 unspecified atom stereocenters. The van der Waals surface area contributed by atoms with E-state index in [0.29, 0.717) is 18.6 Å². The Kier molecular flexibility index (Phi) is 4.74. The number of hydrogen-bond donors (Lipinski definition) is 2. The number of nitrogens with one attached hydrogen (secondary N) is 1. The zero-order valence-corrected chi connectivity index (χ0v) is 8.92. The number of hydrogen-bond acceptors (Lipinski definition) is 2. The molecule has 78 valence electrons. The summed E-state index contributed by atoms with van der Waals surface area (Å²) in [7, 11) is 0. The van der Waals surface area contributed by atoms with Gasteiger partial charge in [0.2, 0.25) is 0 Å². The Bertz CT molecular complexity index is 134. The minimum Gasteiger partial charge on any atom is -0.396 e. The Balaban J connectivity index is 1.96. The minimum absolute atomic E-state index is 0.319. The van der Waals surface area contributed by atoms with Crippen LogP contribution in [0.4, 0.5) is 0 Å². The fraction of sp³-hybridized carbons (Fsp3) is 1.00. The van der Waals surface area contributed by atoms with E-state index in [1.54, 1.807) is 0 Å². The molecule has 0 spiro atoms. The first-order chi connectivity index (χ1) is 6.22. The van der Waals surface area contributed by atoms with E-state index >= 15 is 0 Å². The summed E-state index contributed by atoms with van der Waals surface area (Å²) in [6.07, 6.45) is 5.14. The molecule has 0 heterocycles. The van der Waals surface area contributed by atoms with Crippen LogP contribution in [0.3, 0.4) is 0 Å². The molecule has 0 aromatic heterocycles. The topological polar surface area (TPSA) is 32.3 Å². The van der Waals surface area contributed by atoms with Crippen LogP contribution < -0.4 is 5.32 Å². The summed E-state index contributed by atoms with van der Waals surface area (Å²) in [5.41, 5.74) is 0. The van der Waals surface area contributed by atoms with Gasteiger partial charge in [-0.2, -0.15) is 0 Å². The summed E-state index contributed by atoms with van der Waals surface area (Å²) < 4.78 is 0. The minimum atomic E-state index is 0.319. The Labute approximate surface area is 81.7 Å². The number of aliphatic hydroxyl groups excluding tert-OH is 1. The molecule has 0 amide bonds. The molecule has 1 rings (SSSR count). The van der Waals surface area contributed by atoms with Crippen LogP contribution in [-0.2, 0) is 0 Å². The molecule has 1 saturated carbocycles. The van der Waals surface area contributed by atoms with Crippen molar-refractivity contribution in [2.24, 2.45) is 11.8 Å². The van der Waals surface area contributed by atoms with E-state index in [1.807, 2.05) is 0 Å². The highest BCUT2D eigenvalue weighted by Gasteiger charge is 2.23. The van der Waals surface area contributed by atoms with Crippen molar-refractivity contribution in [3.05, 3.63) is 0 Å². The second-order valence-electron chi connectivity index (χ2n) is 4.61. The van der Waals surface area contributed by atoms with E-state index in [2.05, 4.69) is 19.2 Å². The van der Waals surface area contributed by atoms with Gasteiger partial charge in [-0.25, -0.2) is 0 Å². The van der Waals surface area contributed by atoms with Gasteiger partial charge in [0.1, 0.15) is 0 Å². The highest BCUT2D eigenvalue weighted by Crippen LogP contribution is 2.33. The van der Waals surface area contributed by atoms with Crippen molar-refractivity contribution < 1.29 is 5.11 Å². The van der Waals surface area contributed by atoms with Gasteiger partial charge in [-0.1, -0.05) is 19.8 Å². The second-order valence-corrected chi connectivity index (χ2v) is 4.61. The summed E-state index contributed by atoms with van der Waals surface area (Å²) in [6.45, 7) is 5.82. The van der Waals surface area contributed by atoms with Gasteiger partial charge in [0.25, 0.3) is 0 Å². The standard InChI is InChI=1S/C11H23NO/c1-9(5-6-13)8-12-10(2)7-11-3-4-11/h9-13H,3-8H2,1-2H3. The lowest BCUT2D eigenvalue weighted by Crippen LogP contribution is -2.31. The molecule has 1 aliphatic rings. The Morgan fingerprint density at radius 2 is 2.08 bits per heavy atom. The molecule has 0 bridgehead atoms. The SMILES string of the molecule is CC(CCO)CNC(C)CC1CC1. The van der Waals surface area contributed by atoms with E-state index in [9.17, 15) is 0 Å². The number of rotatable bonds is 7. The van der Waals surface area contributed by atoms with Gasteiger partial charge in [0.15, 0.2) is 0 Å². The van der Waals surface area contributed by atoms with Crippen LogP contribution in [-0.4, -0.2) is 24.3 Å². The Morgan fingerprint density at radius 1 is 1.38 bits per heavy atom. The lowest BCUT2D eigenvalue weighted by atomic mass is 10.1. The van der Waals surface area contributed by atoms with Crippen molar-refractivity contribution in [3.8, 4) is 0 Å². The maximum atomic E-state index is 8.73. The molecule has 2 atom stereocenters. The van der Waals surface area contributed by atoms with Crippen LogP contribution >= 0.6 is 0 Å². The van der Waals surface area contributed by atoms with Crippen LogP contribution in [0.1, 0.15) is 39.5 Å². The van der Waals surface area contributed by atoms with E-state index in [-0.39, 0.29) is 0 Å². The lowest BCUT2D eigenvalue weighted by Gasteiger charge is -2.16. The van der Waals surface area contributed by atoms with Crippen LogP contribution in [0.2, 0.25) is 0 Å². The van der Waals surface area contributed by atoms with E-state index < -0.39 is 0 Å². The molecule has 2 nitrogen and oxygen atoms in total. The second kappa shape index (κ2) is 5.61. The van der Waals surface area contributed by atoms with Gasteiger partial charge in [-0.3, -0.25) is 0 Å². The molecule has 2 heteroatoms. The zero-order chi connectivity index (χ0) is 9.68. The molecule has 0 aromatic rings. The maximum Gasteiger partial charge on any atom is 0.0434 e. The average molecular weight is 185 g/mol. The highest BCUT2D eigenvalue weighted by molar-refractivity contribution is 4.78. The third-order valence-electron chi connectivity index (χ3n) is 2.82. The van der Waals surface area contributed by atoms with Gasteiger partial charge in [-0.15, -0.1) is 0 Å². The predicted octanol–water partition coefficient (Wildman–Crippen LogP) is 1.78. The van der Waals surface area contributed by atoms with Gasteiger partial charge in [0, 0.05) is 12.6 Å². The quantitative estimate of drug-likeness (QED) is 0.633. The molecular formula is C11H23NO. The molecule has 1 fully saturated rings. The summed E-state index contributed by atoms with van der Waals surface area (Å²) in [5.74, 6) is 1.61. The first-order valence-corrected chi connectivity index (χ1v) is 5.56. The molecule has 0 aliphatic heterocycles.